The topological polar surface area (TPSA) is 114 Å². The van der Waals surface area contributed by atoms with Crippen LogP contribution < -0.4 is 20.1 Å². The van der Waals surface area contributed by atoms with Gasteiger partial charge < -0.3 is 15.4 Å². The SMILES string of the molecule is CCCC(=O)Nc1ccc(CNC(=O)c2ccc(OC)c(S(=O)(=O)NC3CCCC3)c2)cc1. The second-order valence-corrected chi connectivity index (χ2v) is 9.83. The van der Waals surface area contributed by atoms with Crippen LogP contribution >= 0.6 is 0 Å². The summed E-state index contributed by atoms with van der Waals surface area (Å²) >= 11 is 0. The molecule has 0 aromatic heterocycles. The third-order valence-electron chi connectivity index (χ3n) is 5.56. The van der Waals surface area contributed by atoms with E-state index in [0.717, 1.165) is 37.7 Å². The largest absolute Gasteiger partial charge is 0.495 e. The van der Waals surface area contributed by atoms with Crippen molar-refractivity contribution in [2.75, 3.05) is 12.4 Å². The Morgan fingerprint density at radius 1 is 1.06 bits per heavy atom. The molecule has 0 unspecified atom stereocenters. The van der Waals surface area contributed by atoms with E-state index in [1.165, 1.54) is 25.3 Å². The first-order chi connectivity index (χ1) is 15.8. The molecule has 1 saturated carbocycles. The number of carbonyl (C=O) groups is 2. The van der Waals surface area contributed by atoms with Gasteiger partial charge in [0.1, 0.15) is 10.6 Å². The number of nitrogens with one attached hydrogen (secondary N) is 3. The van der Waals surface area contributed by atoms with Crippen molar-refractivity contribution < 1.29 is 22.7 Å². The Morgan fingerprint density at radius 3 is 2.39 bits per heavy atom. The molecule has 1 fully saturated rings. The summed E-state index contributed by atoms with van der Waals surface area (Å²) < 4.78 is 33.8. The van der Waals surface area contributed by atoms with Crippen molar-refractivity contribution in [3.8, 4) is 5.75 Å². The fourth-order valence-corrected chi connectivity index (χ4v) is 5.30. The standard InChI is InChI=1S/C24H31N3O5S/c1-3-6-23(28)26-19-12-9-17(10-13-19)16-25-24(29)18-11-14-21(32-2)22(15-18)33(30,31)27-20-7-4-5-8-20/h9-15,20,27H,3-8,16H2,1-2H3,(H,25,29)(H,26,28). The number of hydrogen-bond acceptors (Lipinski definition) is 5. The Labute approximate surface area is 195 Å². The van der Waals surface area contributed by atoms with E-state index < -0.39 is 15.9 Å². The molecule has 178 valence electrons. The number of rotatable bonds is 10. The minimum Gasteiger partial charge on any atom is -0.495 e. The minimum absolute atomic E-state index is 0.0359. The van der Waals surface area contributed by atoms with Crippen LogP contribution in [0.4, 0.5) is 5.69 Å². The van der Waals surface area contributed by atoms with Crippen molar-refractivity contribution in [2.45, 2.75) is 62.9 Å². The Hall–Kier alpha value is -2.91. The van der Waals surface area contributed by atoms with E-state index in [1.54, 1.807) is 12.1 Å². The lowest BCUT2D eigenvalue weighted by Gasteiger charge is -2.16. The fraction of sp³-hybridized carbons (Fsp3) is 0.417. The molecule has 33 heavy (non-hydrogen) atoms. The van der Waals surface area contributed by atoms with Crippen molar-refractivity contribution in [3.63, 3.8) is 0 Å². The van der Waals surface area contributed by atoms with Crippen LogP contribution in [0.15, 0.2) is 47.4 Å². The summed E-state index contributed by atoms with van der Waals surface area (Å²) in [5.41, 5.74) is 1.77. The molecule has 2 aromatic carbocycles. The summed E-state index contributed by atoms with van der Waals surface area (Å²) in [6.07, 6.45) is 4.86. The lowest BCUT2D eigenvalue weighted by atomic mass is 10.1. The van der Waals surface area contributed by atoms with Crippen LogP contribution in [0, 0.1) is 0 Å². The number of sulfonamides is 1. The maximum absolute atomic E-state index is 12.9. The summed E-state index contributed by atoms with van der Waals surface area (Å²) in [6.45, 7) is 2.20. The van der Waals surface area contributed by atoms with Gasteiger partial charge in [-0.25, -0.2) is 13.1 Å². The number of methoxy groups -OCH3 is 1. The minimum atomic E-state index is -3.82. The van der Waals surface area contributed by atoms with Gasteiger partial charge in [0, 0.05) is 30.3 Å². The molecule has 0 heterocycles. The molecule has 0 radical (unpaired) electrons. The fourth-order valence-electron chi connectivity index (χ4n) is 3.80. The molecule has 3 N–H and O–H groups in total. The van der Waals surface area contributed by atoms with Crippen LogP contribution in [-0.4, -0.2) is 33.4 Å². The molecule has 0 spiro atoms. The van der Waals surface area contributed by atoms with Crippen LogP contribution in [0.5, 0.6) is 5.75 Å². The normalized spacial score (nSPS) is 14.1. The number of anilines is 1. The van der Waals surface area contributed by atoms with Crippen molar-refractivity contribution >= 4 is 27.5 Å². The van der Waals surface area contributed by atoms with E-state index in [0.29, 0.717) is 12.1 Å². The molecule has 1 aliphatic carbocycles. The average molecular weight is 474 g/mol. The second kappa shape index (κ2) is 11.3. The van der Waals surface area contributed by atoms with E-state index in [9.17, 15) is 18.0 Å². The third kappa shape index (κ3) is 6.79. The number of ether oxygens (including phenoxy) is 1. The molecule has 0 bridgehead atoms. The number of amides is 2. The quantitative estimate of drug-likeness (QED) is 0.488. The molecule has 9 heteroatoms. The number of benzene rings is 2. The van der Waals surface area contributed by atoms with Gasteiger partial charge in [-0.05, 0) is 55.2 Å². The molecule has 0 atom stereocenters. The summed E-state index contributed by atoms with van der Waals surface area (Å²) in [5.74, 6) is -0.237. The zero-order valence-corrected chi connectivity index (χ0v) is 19.8. The zero-order valence-electron chi connectivity index (χ0n) is 19.0. The van der Waals surface area contributed by atoms with Crippen LogP contribution in [-0.2, 0) is 21.4 Å². The molecular weight excluding hydrogens is 442 g/mol. The molecule has 1 aliphatic rings. The Balaban J connectivity index is 1.66. The van der Waals surface area contributed by atoms with Crippen LogP contribution in [0.25, 0.3) is 0 Å². The van der Waals surface area contributed by atoms with Gasteiger partial charge in [-0.1, -0.05) is 31.9 Å². The molecule has 2 amide bonds. The Bertz CT molecular complexity index is 1080. The zero-order chi connectivity index (χ0) is 23.8. The monoisotopic (exact) mass is 473 g/mol. The predicted molar refractivity (Wildman–Crippen MR) is 127 cm³/mol. The highest BCUT2D eigenvalue weighted by Gasteiger charge is 2.26. The number of hydrogen-bond donors (Lipinski definition) is 3. The smallest absolute Gasteiger partial charge is 0.251 e. The van der Waals surface area contributed by atoms with Gasteiger partial charge in [0.15, 0.2) is 0 Å². The Morgan fingerprint density at radius 2 is 1.76 bits per heavy atom. The number of carbonyl (C=O) groups excluding carboxylic acids is 2. The van der Waals surface area contributed by atoms with Crippen molar-refractivity contribution in [1.82, 2.24) is 10.0 Å². The summed E-state index contributed by atoms with van der Waals surface area (Å²) in [7, 11) is -2.42. The third-order valence-corrected chi connectivity index (χ3v) is 7.10. The molecule has 8 nitrogen and oxygen atoms in total. The van der Waals surface area contributed by atoms with Gasteiger partial charge in [-0.15, -0.1) is 0 Å². The van der Waals surface area contributed by atoms with Crippen LogP contribution in [0.2, 0.25) is 0 Å². The van der Waals surface area contributed by atoms with Crippen molar-refractivity contribution in [3.05, 3.63) is 53.6 Å². The van der Waals surface area contributed by atoms with E-state index in [-0.39, 0.29) is 34.7 Å². The predicted octanol–water partition coefficient (Wildman–Crippen LogP) is 3.58. The first-order valence-corrected chi connectivity index (χ1v) is 12.7. The van der Waals surface area contributed by atoms with Gasteiger partial charge in [0.25, 0.3) is 5.91 Å². The lowest BCUT2D eigenvalue weighted by molar-refractivity contribution is -0.116. The van der Waals surface area contributed by atoms with Gasteiger partial charge in [0.05, 0.1) is 7.11 Å². The van der Waals surface area contributed by atoms with Gasteiger partial charge in [-0.2, -0.15) is 0 Å². The van der Waals surface area contributed by atoms with Gasteiger partial charge in [-0.3, -0.25) is 9.59 Å². The highest BCUT2D eigenvalue weighted by Crippen LogP contribution is 2.27. The first kappa shape index (κ1) is 24.7. The maximum Gasteiger partial charge on any atom is 0.251 e. The highest BCUT2D eigenvalue weighted by molar-refractivity contribution is 7.89. The van der Waals surface area contributed by atoms with Crippen molar-refractivity contribution in [1.29, 1.82) is 0 Å². The molecule has 0 saturated heterocycles. The van der Waals surface area contributed by atoms with Gasteiger partial charge >= 0.3 is 0 Å². The van der Waals surface area contributed by atoms with Crippen molar-refractivity contribution in [2.24, 2.45) is 0 Å². The van der Waals surface area contributed by atoms with Gasteiger partial charge in [0.2, 0.25) is 15.9 Å². The van der Waals surface area contributed by atoms with Crippen LogP contribution in [0.3, 0.4) is 0 Å². The second-order valence-electron chi connectivity index (χ2n) is 8.15. The highest BCUT2D eigenvalue weighted by atomic mass is 32.2. The maximum atomic E-state index is 12.9. The first-order valence-electron chi connectivity index (χ1n) is 11.2. The summed E-state index contributed by atoms with van der Waals surface area (Å²) in [5, 5.41) is 5.62. The summed E-state index contributed by atoms with van der Waals surface area (Å²) in [6, 6.07) is 11.5. The Kier molecular flexibility index (Phi) is 8.46. The molecular formula is C24H31N3O5S. The average Bonchev–Trinajstić information content (AvgIpc) is 3.30. The van der Waals surface area contributed by atoms with Crippen LogP contribution in [0.1, 0.15) is 61.4 Å². The lowest BCUT2D eigenvalue weighted by Crippen LogP contribution is -2.33. The molecule has 2 aromatic rings. The van der Waals surface area contributed by atoms with E-state index in [2.05, 4.69) is 15.4 Å². The molecule has 3 rings (SSSR count). The van der Waals surface area contributed by atoms with E-state index in [4.69, 9.17) is 4.74 Å². The van der Waals surface area contributed by atoms with E-state index >= 15 is 0 Å². The van der Waals surface area contributed by atoms with E-state index in [1.807, 2.05) is 19.1 Å². The molecule has 0 aliphatic heterocycles. The summed E-state index contributed by atoms with van der Waals surface area (Å²) in [4.78, 5) is 24.3.